The number of phenolic OH excluding ortho intramolecular Hbond substituents is 1. The van der Waals surface area contributed by atoms with Gasteiger partial charge in [0.2, 0.25) is 0 Å². The fourth-order valence-corrected chi connectivity index (χ4v) is 4.38. The molecule has 1 saturated heterocycles. The molecule has 0 spiro atoms. The second-order valence-electron chi connectivity index (χ2n) is 8.26. The van der Waals surface area contributed by atoms with Gasteiger partial charge in [0.05, 0.1) is 18.2 Å². The number of anilines is 1. The summed E-state index contributed by atoms with van der Waals surface area (Å²) >= 11 is 0. The third-order valence-corrected chi connectivity index (χ3v) is 6.26. The van der Waals surface area contributed by atoms with E-state index in [2.05, 4.69) is 34.1 Å². The first kappa shape index (κ1) is 21.1. The van der Waals surface area contributed by atoms with Crippen LogP contribution in [0.4, 0.5) is 5.69 Å². The summed E-state index contributed by atoms with van der Waals surface area (Å²) in [5.74, 6) is 0.872. The molecular weight excluding hydrogens is 416 g/mol. The van der Waals surface area contributed by atoms with E-state index in [0.29, 0.717) is 23.3 Å². The first-order valence-electron chi connectivity index (χ1n) is 11.1. The second kappa shape index (κ2) is 9.00. The quantitative estimate of drug-likeness (QED) is 0.459. The van der Waals surface area contributed by atoms with Crippen LogP contribution in [0.5, 0.6) is 11.5 Å². The van der Waals surface area contributed by atoms with Gasteiger partial charge in [-0.2, -0.15) is 0 Å². The van der Waals surface area contributed by atoms with Crippen molar-refractivity contribution in [3.8, 4) is 22.6 Å². The van der Waals surface area contributed by atoms with Crippen LogP contribution in [0.15, 0.2) is 82.0 Å². The number of benzene rings is 3. The number of methoxy groups -OCH3 is 1. The summed E-state index contributed by atoms with van der Waals surface area (Å²) in [6.07, 6.45) is 0. The highest BCUT2D eigenvalue weighted by molar-refractivity contribution is 5.85. The van der Waals surface area contributed by atoms with Gasteiger partial charge in [-0.15, -0.1) is 0 Å². The molecule has 1 aromatic heterocycles. The van der Waals surface area contributed by atoms with Crippen molar-refractivity contribution in [3.63, 3.8) is 0 Å². The van der Waals surface area contributed by atoms with Crippen LogP contribution >= 0.6 is 0 Å². The smallest absolute Gasteiger partial charge is 0.344 e. The average molecular weight is 443 g/mol. The Bertz CT molecular complexity index is 1310. The Balaban J connectivity index is 1.40. The minimum atomic E-state index is -0.423. The Hall–Kier alpha value is -3.77. The number of ether oxygens (including phenoxy) is 1. The van der Waals surface area contributed by atoms with Gasteiger partial charge in [0.1, 0.15) is 17.1 Å². The van der Waals surface area contributed by atoms with E-state index in [9.17, 15) is 9.90 Å². The van der Waals surface area contributed by atoms with Crippen molar-refractivity contribution in [1.82, 2.24) is 4.90 Å². The maximum absolute atomic E-state index is 12.8. The Morgan fingerprint density at radius 3 is 2.36 bits per heavy atom. The lowest BCUT2D eigenvalue weighted by Crippen LogP contribution is -2.46. The number of aromatic hydroxyl groups is 1. The van der Waals surface area contributed by atoms with E-state index in [1.165, 1.54) is 5.69 Å². The molecule has 0 unspecified atom stereocenters. The van der Waals surface area contributed by atoms with Crippen LogP contribution in [-0.2, 0) is 6.54 Å². The number of nitrogens with zero attached hydrogens (tertiary/aromatic N) is 2. The van der Waals surface area contributed by atoms with Crippen molar-refractivity contribution >= 4 is 16.7 Å². The highest BCUT2D eigenvalue weighted by atomic mass is 16.5. The van der Waals surface area contributed by atoms with Crippen molar-refractivity contribution in [2.75, 3.05) is 38.2 Å². The molecule has 4 aromatic rings. The van der Waals surface area contributed by atoms with Crippen molar-refractivity contribution in [2.24, 2.45) is 0 Å². The normalized spacial score (nSPS) is 14.5. The summed E-state index contributed by atoms with van der Waals surface area (Å²) in [7, 11) is 1.61. The Labute approximate surface area is 192 Å². The monoisotopic (exact) mass is 442 g/mol. The molecular formula is C27H26N2O4. The molecule has 6 nitrogen and oxygen atoms in total. The Morgan fingerprint density at radius 2 is 1.67 bits per heavy atom. The van der Waals surface area contributed by atoms with Gasteiger partial charge < -0.3 is 19.2 Å². The fraction of sp³-hybridized carbons (Fsp3) is 0.222. The van der Waals surface area contributed by atoms with E-state index >= 15 is 0 Å². The molecule has 33 heavy (non-hydrogen) atoms. The molecule has 0 atom stereocenters. The van der Waals surface area contributed by atoms with Crippen molar-refractivity contribution in [2.45, 2.75) is 6.54 Å². The molecule has 1 aliphatic rings. The number of hydrogen-bond acceptors (Lipinski definition) is 6. The van der Waals surface area contributed by atoms with Gasteiger partial charge in [-0.05, 0) is 48.0 Å². The summed E-state index contributed by atoms with van der Waals surface area (Å²) in [5.41, 5.74) is 3.15. The first-order chi connectivity index (χ1) is 16.1. The Morgan fingerprint density at radius 1 is 0.939 bits per heavy atom. The highest BCUT2D eigenvalue weighted by Gasteiger charge is 2.21. The summed E-state index contributed by atoms with van der Waals surface area (Å²) in [4.78, 5) is 17.5. The third kappa shape index (κ3) is 4.30. The number of para-hydroxylation sites is 1. The van der Waals surface area contributed by atoms with E-state index in [0.717, 1.165) is 42.9 Å². The van der Waals surface area contributed by atoms with E-state index in [1.54, 1.807) is 19.2 Å². The van der Waals surface area contributed by atoms with E-state index < -0.39 is 5.63 Å². The maximum Gasteiger partial charge on any atom is 0.344 e. The molecule has 0 radical (unpaired) electrons. The molecule has 3 aromatic carbocycles. The molecule has 0 aliphatic carbocycles. The third-order valence-electron chi connectivity index (χ3n) is 6.26. The highest BCUT2D eigenvalue weighted by Crippen LogP contribution is 2.31. The standard InChI is InChI=1S/C27H26N2O4/c1-32-22-10-7-19(8-11-22)23-17-20-9-12-25(30)24(26(20)33-27(23)31)18-28-13-15-29(16-14-28)21-5-3-2-4-6-21/h2-12,17,30H,13-16,18H2,1H3. The molecule has 0 saturated carbocycles. The predicted octanol–water partition coefficient (Wildman–Crippen LogP) is 4.50. The maximum atomic E-state index is 12.8. The molecule has 168 valence electrons. The van der Waals surface area contributed by atoms with Gasteiger partial charge in [-0.25, -0.2) is 4.79 Å². The van der Waals surface area contributed by atoms with Crippen LogP contribution in [0.25, 0.3) is 22.1 Å². The zero-order valence-electron chi connectivity index (χ0n) is 18.5. The van der Waals surface area contributed by atoms with Crippen molar-refractivity contribution in [3.05, 3.63) is 88.8 Å². The van der Waals surface area contributed by atoms with Gasteiger partial charge in [-0.3, -0.25) is 4.90 Å². The number of fused-ring (bicyclic) bond motifs is 1. The van der Waals surface area contributed by atoms with Crippen molar-refractivity contribution < 1.29 is 14.3 Å². The lowest BCUT2D eigenvalue weighted by atomic mass is 10.0. The topological polar surface area (TPSA) is 66.2 Å². The molecule has 6 heteroatoms. The molecule has 2 heterocycles. The van der Waals surface area contributed by atoms with Gasteiger partial charge in [0.25, 0.3) is 0 Å². The minimum absolute atomic E-state index is 0.147. The lowest BCUT2D eigenvalue weighted by Gasteiger charge is -2.36. The van der Waals surface area contributed by atoms with Crippen LogP contribution in [0.2, 0.25) is 0 Å². The second-order valence-corrected chi connectivity index (χ2v) is 8.26. The first-order valence-corrected chi connectivity index (χ1v) is 11.1. The molecule has 1 aliphatic heterocycles. The summed E-state index contributed by atoms with van der Waals surface area (Å²) < 4.78 is 11.0. The van der Waals surface area contributed by atoms with Crippen LogP contribution in [0, 0.1) is 0 Å². The lowest BCUT2D eigenvalue weighted by molar-refractivity contribution is 0.246. The van der Waals surface area contributed by atoms with Crippen LogP contribution in [0.3, 0.4) is 0 Å². The minimum Gasteiger partial charge on any atom is -0.507 e. The van der Waals surface area contributed by atoms with E-state index in [4.69, 9.17) is 9.15 Å². The molecule has 1 fully saturated rings. The van der Waals surface area contributed by atoms with Gasteiger partial charge in [-0.1, -0.05) is 30.3 Å². The zero-order chi connectivity index (χ0) is 22.8. The van der Waals surface area contributed by atoms with Crippen molar-refractivity contribution in [1.29, 1.82) is 0 Å². The van der Waals surface area contributed by atoms with Crippen LogP contribution < -0.4 is 15.3 Å². The molecule has 0 bridgehead atoms. The summed E-state index contributed by atoms with van der Waals surface area (Å²) in [6, 6.07) is 23.0. The molecule has 0 amide bonds. The van der Waals surface area contributed by atoms with E-state index in [-0.39, 0.29) is 5.75 Å². The number of phenols is 1. The predicted molar refractivity (Wildman–Crippen MR) is 130 cm³/mol. The number of piperazine rings is 1. The van der Waals surface area contributed by atoms with Crippen LogP contribution in [-0.4, -0.2) is 43.3 Å². The number of hydrogen-bond donors (Lipinski definition) is 1. The largest absolute Gasteiger partial charge is 0.507 e. The van der Waals surface area contributed by atoms with Gasteiger partial charge in [0, 0.05) is 43.8 Å². The van der Waals surface area contributed by atoms with Gasteiger partial charge in [0.15, 0.2) is 0 Å². The van der Waals surface area contributed by atoms with Gasteiger partial charge >= 0.3 is 5.63 Å². The molecule has 1 N–H and O–H groups in total. The average Bonchev–Trinajstić information content (AvgIpc) is 2.87. The van der Waals surface area contributed by atoms with Crippen LogP contribution in [0.1, 0.15) is 5.56 Å². The summed E-state index contributed by atoms with van der Waals surface area (Å²) in [6.45, 7) is 4.05. The fourth-order valence-electron chi connectivity index (χ4n) is 4.38. The number of rotatable bonds is 5. The Kier molecular flexibility index (Phi) is 5.75. The SMILES string of the molecule is COc1ccc(-c2cc3ccc(O)c(CN4CCN(c5ccccc5)CC4)c3oc2=O)cc1. The molecule has 5 rings (SSSR count). The zero-order valence-corrected chi connectivity index (χ0v) is 18.5. The summed E-state index contributed by atoms with van der Waals surface area (Å²) in [5, 5.41) is 11.4. The van der Waals surface area contributed by atoms with E-state index in [1.807, 2.05) is 36.4 Å².